The quantitative estimate of drug-likeness (QED) is 0.168. The van der Waals surface area contributed by atoms with Gasteiger partial charge in [-0.15, -0.1) is 0 Å². The monoisotopic (exact) mass is 680 g/mol. The van der Waals surface area contributed by atoms with E-state index in [1.54, 1.807) is 0 Å². The van der Waals surface area contributed by atoms with Gasteiger partial charge in [0.2, 0.25) is 5.89 Å². The van der Waals surface area contributed by atoms with Gasteiger partial charge in [0.25, 0.3) is 0 Å². The molecular formula is C49H32N2O2. The van der Waals surface area contributed by atoms with Crippen molar-refractivity contribution in [2.45, 2.75) is 0 Å². The largest absolute Gasteiger partial charge is 0.456 e. The lowest BCUT2D eigenvalue weighted by atomic mass is 9.94. The molecule has 53 heavy (non-hydrogen) atoms. The van der Waals surface area contributed by atoms with Gasteiger partial charge in [0.05, 0.1) is 5.39 Å². The summed E-state index contributed by atoms with van der Waals surface area (Å²) in [6.45, 7) is 0. The molecule has 8 aromatic carbocycles. The van der Waals surface area contributed by atoms with E-state index in [0.717, 1.165) is 72.4 Å². The fourth-order valence-electron chi connectivity index (χ4n) is 7.43. The molecule has 2 heterocycles. The molecule has 0 unspecified atom stereocenters. The summed E-state index contributed by atoms with van der Waals surface area (Å²) < 4.78 is 13.1. The van der Waals surface area contributed by atoms with Crippen LogP contribution in [0.4, 0.5) is 17.1 Å². The van der Waals surface area contributed by atoms with Crippen LogP contribution in [0, 0.1) is 0 Å². The second-order valence-electron chi connectivity index (χ2n) is 13.1. The first-order chi connectivity index (χ1) is 26.3. The van der Waals surface area contributed by atoms with Crippen molar-refractivity contribution in [2.75, 3.05) is 4.90 Å². The van der Waals surface area contributed by atoms with Gasteiger partial charge in [0, 0.05) is 33.6 Å². The minimum Gasteiger partial charge on any atom is -0.456 e. The van der Waals surface area contributed by atoms with E-state index < -0.39 is 0 Å². The topological polar surface area (TPSA) is 42.4 Å². The van der Waals surface area contributed by atoms with E-state index in [2.05, 4.69) is 150 Å². The van der Waals surface area contributed by atoms with Gasteiger partial charge in [0.1, 0.15) is 16.7 Å². The van der Waals surface area contributed by atoms with Gasteiger partial charge in [0.15, 0.2) is 5.58 Å². The van der Waals surface area contributed by atoms with Crippen LogP contribution in [0.25, 0.3) is 77.9 Å². The number of nitrogens with zero attached hydrogens (tertiary/aromatic N) is 2. The summed E-state index contributed by atoms with van der Waals surface area (Å²) in [6, 6.07) is 67.4. The van der Waals surface area contributed by atoms with Crippen LogP contribution in [-0.4, -0.2) is 4.98 Å². The molecule has 250 valence electrons. The predicted molar refractivity (Wildman–Crippen MR) is 218 cm³/mol. The number of rotatable bonds is 7. The van der Waals surface area contributed by atoms with Crippen LogP contribution in [0.3, 0.4) is 0 Å². The zero-order valence-corrected chi connectivity index (χ0v) is 28.7. The van der Waals surface area contributed by atoms with Crippen molar-refractivity contribution in [3.63, 3.8) is 0 Å². The van der Waals surface area contributed by atoms with Crippen LogP contribution in [0.2, 0.25) is 0 Å². The Kier molecular flexibility index (Phi) is 7.43. The van der Waals surface area contributed by atoms with Gasteiger partial charge in [-0.05, 0) is 88.5 Å². The Morgan fingerprint density at radius 3 is 1.68 bits per heavy atom. The smallest absolute Gasteiger partial charge is 0.227 e. The van der Waals surface area contributed by atoms with Gasteiger partial charge in [-0.3, -0.25) is 0 Å². The lowest BCUT2D eigenvalue weighted by molar-refractivity contribution is 0.620. The first kappa shape index (κ1) is 30.6. The SMILES string of the molecule is c1ccc(-c2nc3c(o2)c(-c2cccc(N(c4ccccc4)c4ccc(-c5ccccc5-c5ccccc5)cc4)c2)cc2oc4ccccc4c23)cc1. The summed E-state index contributed by atoms with van der Waals surface area (Å²) in [5.74, 6) is 0.579. The van der Waals surface area contributed by atoms with E-state index in [0.29, 0.717) is 5.89 Å². The maximum atomic E-state index is 6.67. The minimum atomic E-state index is 0.579. The molecule has 4 nitrogen and oxygen atoms in total. The van der Waals surface area contributed by atoms with Gasteiger partial charge >= 0.3 is 0 Å². The molecule has 0 fully saturated rings. The molecule has 0 N–H and O–H groups in total. The highest BCUT2D eigenvalue weighted by molar-refractivity contribution is 6.19. The molecule has 10 rings (SSSR count). The number of benzene rings is 8. The van der Waals surface area contributed by atoms with E-state index in [-0.39, 0.29) is 0 Å². The maximum Gasteiger partial charge on any atom is 0.227 e. The molecule has 0 spiro atoms. The first-order valence-electron chi connectivity index (χ1n) is 17.8. The fourth-order valence-corrected chi connectivity index (χ4v) is 7.43. The molecule has 0 saturated heterocycles. The normalized spacial score (nSPS) is 11.4. The van der Waals surface area contributed by atoms with E-state index in [1.165, 1.54) is 16.7 Å². The Hall–Kier alpha value is -7.17. The Labute approximate surface area is 306 Å². The summed E-state index contributed by atoms with van der Waals surface area (Å²) in [4.78, 5) is 7.39. The van der Waals surface area contributed by atoms with Crippen molar-refractivity contribution in [3.05, 3.63) is 194 Å². The summed E-state index contributed by atoms with van der Waals surface area (Å²) >= 11 is 0. The summed E-state index contributed by atoms with van der Waals surface area (Å²) in [5.41, 5.74) is 13.9. The molecule has 0 amide bonds. The van der Waals surface area contributed by atoms with Crippen LogP contribution in [0.15, 0.2) is 203 Å². The summed E-state index contributed by atoms with van der Waals surface area (Å²) in [6.07, 6.45) is 0. The predicted octanol–water partition coefficient (Wildman–Crippen LogP) is 13.9. The Bertz CT molecular complexity index is 2870. The van der Waals surface area contributed by atoms with E-state index in [1.807, 2.05) is 48.5 Å². The van der Waals surface area contributed by atoms with Gasteiger partial charge in [-0.1, -0.05) is 133 Å². The Balaban J connectivity index is 1.11. The highest BCUT2D eigenvalue weighted by Gasteiger charge is 2.22. The van der Waals surface area contributed by atoms with E-state index in [4.69, 9.17) is 13.8 Å². The highest BCUT2D eigenvalue weighted by Crippen LogP contribution is 2.44. The molecule has 0 atom stereocenters. The van der Waals surface area contributed by atoms with Gasteiger partial charge in [-0.2, -0.15) is 0 Å². The van der Waals surface area contributed by atoms with Crippen LogP contribution < -0.4 is 4.90 Å². The third-order valence-corrected chi connectivity index (χ3v) is 9.91. The van der Waals surface area contributed by atoms with E-state index >= 15 is 0 Å². The highest BCUT2D eigenvalue weighted by atomic mass is 16.4. The molecule has 2 aromatic heterocycles. The van der Waals surface area contributed by atoms with Gasteiger partial charge in [-0.25, -0.2) is 4.98 Å². The number of fused-ring (bicyclic) bond motifs is 5. The van der Waals surface area contributed by atoms with Crippen molar-refractivity contribution in [1.29, 1.82) is 0 Å². The second kappa shape index (κ2) is 12.9. The van der Waals surface area contributed by atoms with Crippen LogP contribution in [0.5, 0.6) is 0 Å². The molecule has 10 aromatic rings. The van der Waals surface area contributed by atoms with Crippen molar-refractivity contribution in [1.82, 2.24) is 4.98 Å². The number of anilines is 3. The van der Waals surface area contributed by atoms with E-state index in [9.17, 15) is 0 Å². The molecule has 0 bridgehead atoms. The van der Waals surface area contributed by atoms with Crippen molar-refractivity contribution in [3.8, 4) is 44.8 Å². The zero-order valence-electron chi connectivity index (χ0n) is 28.7. The molecule has 0 aliphatic carbocycles. The third-order valence-electron chi connectivity index (χ3n) is 9.91. The van der Waals surface area contributed by atoms with Crippen molar-refractivity contribution in [2.24, 2.45) is 0 Å². The maximum absolute atomic E-state index is 6.67. The number of hydrogen-bond donors (Lipinski definition) is 0. The molecule has 0 aliphatic heterocycles. The van der Waals surface area contributed by atoms with Crippen LogP contribution in [-0.2, 0) is 0 Å². The first-order valence-corrected chi connectivity index (χ1v) is 17.8. The minimum absolute atomic E-state index is 0.579. The average Bonchev–Trinajstić information content (AvgIpc) is 3.84. The number of aromatic nitrogens is 1. The average molecular weight is 681 g/mol. The summed E-state index contributed by atoms with van der Waals surface area (Å²) in [7, 11) is 0. The van der Waals surface area contributed by atoms with Gasteiger partial charge < -0.3 is 13.7 Å². The number of oxazole rings is 1. The molecule has 4 heteroatoms. The molecule has 0 saturated carbocycles. The standard InChI is InChI=1S/C49H32N2O2/c1-4-15-33(16-5-1)40-23-10-11-24-41(40)34-27-29-38(30-28-34)51(37-20-8-3-9-21-37)39-22-14-19-36(31-39)43-32-45-46(42-25-12-13-26-44(42)52-45)47-48(43)53-49(50-47)35-17-6-2-7-18-35/h1-32H. The number of hydrogen-bond acceptors (Lipinski definition) is 4. The van der Waals surface area contributed by atoms with Crippen molar-refractivity contribution >= 4 is 50.1 Å². The van der Waals surface area contributed by atoms with Crippen LogP contribution >= 0.6 is 0 Å². The van der Waals surface area contributed by atoms with Crippen molar-refractivity contribution < 1.29 is 8.83 Å². The number of para-hydroxylation sites is 2. The molecule has 0 aliphatic rings. The zero-order chi connectivity index (χ0) is 35.1. The van der Waals surface area contributed by atoms with Crippen LogP contribution in [0.1, 0.15) is 0 Å². The Morgan fingerprint density at radius 2 is 0.943 bits per heavy atom. The second-order valence-corrected chi connectivity index (χ2v) is 13.1. The Morgan fingerprint density at radius 1 is 0.377 bits per heavy atom. The third kappa shape index (κ3) is 5.45. The number of furan rings is 1. The molecular weight excluding hydrogens is 649 g/mol. The lowest BCUT2D eigenvalue weighted by Crippen LogP contribution is -2.09. The fraction of sp³-hybridized carbons (Fsp3) is 0. The lowest BCUT2D eigenvalue weighted by Gasteiger charge is -2.26. The molecule has 0 radical (unpaired) electrons. The summed E-state index contributed by atoms with van der Waals surface area (Å²) in [5, 5.41) is 1.98.